The SMILES string of the molecule is CCc1nn(C)c(CC)c1CNC(=NC)NCc1cccc(OC)c1OC1CCCC1. The summed E-state index contributed by atoms with van der Waals surface area (Å²) >= 11 is 0. The van der Waals surface area contributed by atoms with E-state index in [9.17, 15) is 0 Å². The molecule has 3 rings (SSSR count). The Bertz CT molecular complexity index is 884. The van der Waals surface area contributed by atoms with Crippen molar-refractivity contribution in [3.8, 4) is 11.5 Å². The Kier molecular flexibility index (Phi) is 8.20. The number of hydrogen-bond donors (Lipinski definition) is 2. The summed E-state index contributed by atoms with van der Waals surface area (Å²) in [5.41, 5.74) is 4.74. The molecule has 1 heterocycles. The number of aliphatic imine (C=N–C) groups is 1. The fourth-order valence-electron chi connectivity index (χ4n) is 4.33. The van der Waals surface area contributed by atoms with Crippen molar-refractivity contribution >= 4 is 5.96 Å². The van der Waals surface area contributed by atoms with E-state index in [-0.39, 0.29) is 6.10 Å². The number of guanidine groups is 1. The van der Waals surface area contributed by atoms with Gasteiger partial charge in [-0.1, -0.05) is 26.0 Å². The molecule has 2 aromatic rings. The maximum atomic E-state index is 6.35. The topological polar surface area (TPSA) is 72.7 Å². The standard InChI is InChI=1S/C24H37N5O2/c1-6-20-19(21(7-2)29(4)28-20)16-27-24(25-3)26-15-17-11-10-14-22(30-5)23(17)31-18-12-8-9-13-18/h10-11,14,18H,6-9,12-13,15-16H2,1-5H3,(H2,25,26,27). The molecule has 1 aromatic heterocycles. The lowest BCUT2D eigenvalue weighted by molar-refractivity contribution is 0.198. The van der Waals surface area contributed by atoms with Crippen molar-refractivity contribution in [3.63, 3.8) is 0 Å². The first-order chi connectivity index (χ1) is 15.1. The third kappa shape index (κ3) is 5.51. The van der Waals surface area contributed by atoms with Gasteiger partial charge < -0.3 is 20.1 Å². The van der Waals surface area contributed by atoms with Crippen LogP contribution in [0.1, 0.15) is 62.0 Å². The molecule has 2 N–H and O–H groups in total. The molecule has 1 saturated carbocycles. The average molecular weight is 428 g/mol. The molecule has 0 aliphatic heterocycles. The lowest BCUT2D eigenvalue weighted by Crippen LogP contribution is -2.36. The lowest BCUT2D eigenvalue weighted by Gasteiger charge is -2.20. The van der Waals surface area contributed by atoms with Crippen LogP contribution in [0.3, 0.4) is 0 Å². The molecule has 7 heteroatoms. The van der Waals surface area contributed by atoms with Crippen LogP contribution in [0.4, 0.5) is 0 Å². The molecule has 0 bridgehead atoms. The Morgan fingerprint density at radius 2 is 1.90 bits per heavy atom. The van der Waals surface area contributed by atoms with Gasteiger partial charge in [0.2, 0.25) is 0 Å². The second kappa shape index (κ2) is 11.1. The third-order valence-corrected chi connectivity index (χ3v) is 6.00. The van der Waals surface area contributed by atoms with Crippen LogP contribution in [-0.4, -0.2) is 36.0 Å². The van der Waals surface area contributed by atoms with Crippen LogP contribution < -0.4 is 20.1 Å². The highest BCUT2D eigenvalue weighted by Crippen LogP contribution is 2.34. The number of aryl methyl sites for hydroxylation is 2. The maximum absolute atomic E-state index is 6.35. The summed E-state index contributed by atoms with van der Waals surface area (Å²) in [6.45, 7) is 5.62. The van der Waals surface area contributed by atoms with Crippen LogP contribution in [0.15, 0.2) is 23.2 Å². The molecular formula is C24H37N5O2. The summed E-state index contributed by atoms with van der Waals surface area (Å²) in [6.07, 6.45) is 6.84. The van der Waals surface area contributed by atoms with Crippen LogP contribution in [0.2, 0.25) is 0 Å². The first kappa shape index (κ1) is 23.0. The molecule has 1 aliphatic carbocycles. The molecule has 170 valence electrons. The van der Waals surface area contributed by atoms with E-state index in [0.717, 1.165) is 54.4 Å². The number of hydrogen-bond acceptors (Lipinski definition) is 4. The number of nitrogens with one attached hydrogen (secondary N) is 2. The monoisotopic (exact) mass is 427 g/mol. The van der Waals surface area contributed by atoms with Crippen LogP contribution in [-0.2, 0) is 33.0 Å². The number of para-hydroxylation sites is 1. The largest absolute Gasteiger partial charge is 0.493 e. The molecule has 1 aliphatic rings. The van der Waals surface area contributed by atoms with Crippen LogP contribution in [0.25, 0.3) is 0 Å². The van der Waals surface area contributed by atoms with Crippen molar-refractivity contribution in [3.05, 3.63) is 40.7 Å². The molecule has 1 fully saturated rings. The minimum atomic E-state index is 0.276. The average Bonchev–Trinajstić information content (AvgIpc) is 3.41. The zero-order valence-corrected chi connectivity index (χ0v) is 19.6. The second-order valence-corrected chi connectivity index (χ2v) is 7.95. The third-order valence-electron chi connectivity index (χ3n) is 6.00. The Balaban J connectivity index is 1.67. The Hall–Kier alpha value is -2.70. The molecule has 0 radical (unpaired) electrons. The van der Waals surface area contributed by atoms with Gasteiger partial charge in [0.1, 0.15) is 0 Å². The van der Waals surface area contributed by atoms with Gasteiger partial charge in [-0.15, -0.1) is 0 Å². The van der Waals surface area contributed by atoms with E-state index in [2.05, 4.69) is 40.6 Å². The van der Waals surface area contributed by atoms with Crippen LogP contribution in [0.5, 0.6) is 11.5 Å². The summed E-state index contributed by atoms with van der Waals surface area (Å²) < 4.78 is 13.9. The first-order valence-corrected chi connectivity index (χ1v) is 11.4. The van der Waals surface area contributed by atoms with Gasteiger partial charge in [-0.2, -0.15) is 5.10 Å². The quantitative estimate of drug-likeness (QED) is 0.471. The van der Waals surface area contributed by atoms with Crippen molar-refractivity contribution in [2.75, 3.05) is 14.2 Å². The smallest absolute Gasteiger partial charge is 0.191 e. The van der Waals surface area contributed by atoms with Crippen LogP contribution in [0, 0.1) is 0 Å². The van der Waals surface area contributed by atoms with Gasteiger partial charge in [0.05, 0.1) is 18.9 Å². The summed E-state index contributed by atoms with van der Waals surface area (Å²) in [5.74, 6) is 2.38. The molecule has 0 atom stereocenters. The second-order valence-electron chi connectivity index (χ2n) is 7.95. The van der Waals surface area contributed by atoms with Gasteiger partial charge in [-0.05, 0) is 44.6 Å². The van der Waals surface area contributed by atoms with Gasteiger partial charge in [-0.3, -0.25) is 9.67 Å². The van der Waals surface area contributed by atoms with E-state index in [0.29, 0.717) is 13.1 Å². The summed E-state index contributed by atoms with van der Waals surface area (Å²) in [6, 6.07) is 6.05. The molecular weight excluding hydrogens is 390 g/mol. The molecule has 31 heavy (non-hydrogen) atoms. The fraction of sp³-hybridized carbons (Fsp3) is 0.583. The van der Waals surface area contributed by atoms with Gasteiger partial charge in [0.15, 0.2) is 17.5 Å². The van der Waals surface area contributed by atoms with E-state index in [1.165, 1.54) is 24.1 Å². The van der Waals surface area contributed by atoms with Crippen molar-refractivity contribution in [1.29, 1.82) is 0 Å². The Labute approximate surface area is 186 Å². The zero-order valence-electron chi connectivity index (χ0n) is 19.6. The highest BCUT2D eigenvalue weighted by atomic mass is 16.5. The van der Waals surface area contributed by atoms with E-state index < -0.39 is 0 Å². The van der Waals surface area contributed by atoms with Gasteiger partial charge in [0, 0.05) is 44.0 Å². The minimum Gasteiger partial charge on any atom is -0.493 e. The summed E-state index contributed by atoms with van der Waals surface area (Å²) in [4.78, 5) is 4.41. The number of rotatable bonds is 9. The molecule has 0 amide bonds. The molecule has 0 unspecified atom stereocenters. The maximum Gasteiger partial charge on any atom is 0.191 e. The number of aromatic nitrogens is 2. The number of methoxy groups -OCH3 is 1. The number of benzene rings is 1. The summed E-state index contributed by atoms with van der Waals surface area (Å²) in [5, 5.41) is 11.5. The van der Waals surface area contributed by atoms with Gasteiger partial charge in [-0.25, -0.2) is 0 Å². The van der Waals surface area contributed by atoms with E-state index in [4.69, 9.17) is 9.47 Å². The predicted molar refractivity (Wildman–Crippen MR) is 125 cm³/mol. The molecule has 0 spiro atoms. The first-order valence-electron chi connectivity index (χ1n) is 11.4. The zero-order chi connectivity index (χ0) is 22.2. The normalized spacial score (nSPS) is 14.7. The minimum absolute atomic E-state index is 0.276. The molecule has 1 aromatic carbocycles. The van der Waals surface area contributed by atoms with Crippen molar-refractivity contribution in [1.82, 2.24) is 20.4 Å². The number of nitrogens with zero attached hydrogens (tertiary/aromatic N) is 3. The fourth-order valence-corrected chi connectivity index (χ4v) is 4.33. The molecule has 7 nitrogen and oxygen atoms in total. The highest BCUT2D eigenvalue weighted by molar-refractivity contribution is 5.79. The predicted octanol–water partition coefficient (Wildman–Crippen LogP) is 3.74. The Morgan fingerprint density at radius 3 is 2.55 bits per heavy atom. The lowest BCUT2D eigenvalue weighted by atomic mass is 10.1. The highest BCUT2D eigenvalue weighted by Gasteiger charge is 2.21. The van der Waals surface area contributed by atoms with E-state index in [1.807, 2.05) is 23.9 Å². The Morgan fingerprint density at radius 1 is 1.16 bits per heavy atom. The molecule has 0 saturated heterocycles. The van der Waals surface area contributed by atoms with Gasteiger partial charge >= 0.3 is 0 Å². The number of ether oxygens (including phenoxy) is 2. The van der Waals surface area contributed by atoms with E-state index >= 15 is 0 Å². The van der Waals surface area contributed by atoms with E-state index in [1.54, 1.807) is 14.2 Å². The van der Waals surface area contributed by atoms with Crippen molar-refractivity contribution in [2.24, 2.45) is 12.0 Å². The van der Waals surface area contributed by atoms with Gasteiger partial charge in [0.25, 0.3) is 0 Å². The van der Waals surface area contributed by atoms with Crippen molar-refractivity contribution in [2.45, 2.75) is 71.6 Å². The van der Waals surface area contributed by atoms with Crippen LogP contribution >= 0.6 is 0 Å². The van der Waals surface area contributed by atoms with Crippen molar-refractivity contribution < 1.29 is 9.47 Å². The summed E-state index contributed by atoms with van der Waals surface area (Å²) in [7, 11) is 5.50.